The fourth-order valence-electron chi connectivity index (χ4n) is 3.73. The molecule has 0 atom stereocenters. The van der Waals surface area contributed by atoms with E-state index in [4.69, 9.17) is 15.3 Å². The topological polar surface area (TPSA) is 82.4 Å². The number of hydrogen-bond acceptors (Lipinski definition) is 4. The Kier molecular flexibility index (Phi) is 7.55. The molecule has 3 rings (SSSR count). The van der Waals surface area contributed by atoms with Crippen LogP contribution in [0.5, 0.6) is 0 Å². The summed E-state index contributed by atoms with van der Waals surface area (Å²) < 4.78 is 6.01. The number of aryl methyl sites for hydroxylation is 1. The van der Waals surface area contributed by atoms with Crippen LogP contribution in [0.2, 0.25) is 0 Å². The quantitative estimate of drug-likeness (QED) is 0.555. The third kappa shape index (κ3) is 6.51. The summed E-state index contributed by atoms with van der Waals surface area (Å²) in [6.07, 6.45) is 2.91. The molecule has 0 saturated carbocycles. The van der Waals surface area contributed by atoms with Gasteiger partial charge >= 0.3 is 5.97 Å². The monoisotopic (exact) mass is 394 g/mol. The Hall–Kier alpha value is -2.50. The van der Waals surface area contributed by atoms with E-state index in [2.05, 4.69) is 23.5 Å². The van der Waals surface area contributed by atoms with Crippen molar-refractivity contribution in [3.05, 3.63) is 59.2 Å². The molecular weight excluding hydrogens is 364 g/mol. The molecule has 0 aliphatic carbocycles. The molecule has 0 spiro atoms. The molecule has 2 aromatic carbocycles. The third-order valence-electron chi connectivity index (χ3n) is 5.39. The first-order valence-electron chi connectivity index (χ1n) is 10.3. The van der Waals surface area contributed by atoms with Crippen molar-refractivity contribution in [2.75, 3.05) is 19.7 Å². The predicted molar refractivity (Wildman–Crippen MR) is 116 cm³/mol. The van der Waals surface area contributed by atoms with Gasteiger partial charge in [0.2, 0.25) is 0 Å². The lowest BCUT2D eigenvalue weighted by Gasteiger charge is -2.22. The fourth-order valence-corrected chi connectivity index (χ4v) is 3.73. The van der Waals surface area contributed by atoms with Gasteiger partial charge in [0.05, 0.1) is 6.61 Å². The lowest BCUT2D eigenvalue weighted by atomic mass is 9.96. The van der Waals surface area contributed by atoms with Crippen LogP contribution in [0.4, 0.5) is 0 Å². The minimum atomic E-state index is -0.791. The van der Waals surface area contributed by atoms with E-state index in [0.29, 0.717) is 24.7 Å². The van der Waals surface area contributed by atoms with Crippen molar-refractivity contribution in [2.45, 2.75) is 39.2 Å². The number of aliphatic carboxylic acids is 1. The van der Waals surface area contributed by atoms with Crippen LogP contribution < -0.4 is 5.32 Å². The Balaban J connectivity index is 1.78. The minimum absolute atomic E-state index is 0.110. The van der Waals surface area contributed by atoms with Gasteiger partial charge in [-0.15, -0.1) is 0 Å². The van der Waals surface area contributed by atoms with Crippen molar-refractivity contribution in [3.63, 3.8) is 0 Å². The van der Waals surface area contributed by atoms with Gasteiger partial charge in [0, 0.05) is 18.7 Å². The zero-order chi connectivity index (χ0) is 20.6. The van der Waals surface area contributed by atoms with E-state index in [1.807, 2.05) is 24.3 Å². The summed E-state index contributed by atoms with van der Waals surface area (Å²) in [6, 6.07) is 14.2. The minimum Gasteiger partial charge on any atom is -0.481 e. The zero-order valence-corrected chi connectivity index (χ0v) is 17.0. The number of hydrogen-bond donors (Lipinski definition) is 3. The molecule has 2 aromatic rings. The van der Waals surface area contributed by atoms with Gasteiger partial charge in [0.1, 0.15) is 0 Å². The van der Waals surface area contributed by atoms with Crippen molar-refractivity contribution in [1.29, 1.82) is 5.41 Å². The molecule has 0 radical (unpaired) electrons. The van der Waals surface area contributed by atoms with E-state index in [1.165, 1.54) is 0 Å². The second-order valence-electron chi connectivity index (χ2n) is 7.85. The molecule has 154 valence electrons. The summed E-state index contributed by atoms with van der Waals surface area (Å²) in [5.41, 5.74) is 5.56. The van der Waals surface area contributed by atoms with Crippen LogP contribution in [-0.4, -0.2) is 36.5 Å². The summed E-state index contributed by atoms with van der Waals surface area (Å²) >= 11 is 0. The molecule has 0 bridgehead atoms. The zero-order valence-electron chi connectivity index (χ0n) is 17.0. The number of benzene rings is 2. The molecule has 1 aliphatic rings. The van der Waals surface area contributed by atoms with Crippen LogP contribution in [0.3, 0.4) is 0 Å². The Bertz CT molecular complexity index is 857. The third-order valence-corrected chi connectivity index (χ3v) is 5.39. The highest BCUT2D eigenvalue weighted by Crippen LogP contribution is 2.25. The summed E-state index contributed by atoms with van der Waals surface area (Å²) in [5.74, 6) is -0.182. The van der Waals surface area contributed by atoms with Crippen LogP contribution in [0.25, 0.3) is 11.1 Å². The van der Waals surface area contributed by atoms with Crippen LogP contribution in [0, 0.1) is 11.3 Å². The Morgan fingerprint density at radius 1 is 1.14 bits per heavy atom. The smallest absolute Gasteiger partial charge is 0.303 e. The number of nitrogens with one attached hydrogen (secondary N) is 2. The lowest BCUT2D eigenvalue weighted by Crippen LogP contribution is -2.29. The largest absolute Gasteiger partial charge is 0.481 e. The molecule has 1 heterocycles. The van der Waals surface area contributed by atoms with Gasteiger partial charge in [-0.25, -0.2) is 0 Å². The standard InChI is InChI=1S/C24H30N2O3/c1-17(25)21-3-2-4-22(14-21)23-12-19(5-6-24(27)28)11-20(13-23)16-29-15-18-7-9-26-10-8-18/h2-4,11-14,18,25-26H,5-10,15-16H2,1H3,(H,27,28). The van der Waals surface area contributed by atoms with E-state index in [0.717, 1.165) is 60.4 Å². The average Bonchev–Trinajstić information content (AvgIpc) is 2.73. The number of ether oxygens (including phenoxy) is 1. The molecule has 0 amide bonds. The van der Waals surface area contributed by atoms with E-state index >= 15 is 0 Å². The van der Waals surface area contributed by atoms with Gasteiger partial charge in [-0.05, 0) is 85.1 Å². The fraction of sp³-hybridized carbons (Fsp3) is 0.417. The van der Waals surface area contributed by atoms with Gasteiger partial charge in [-0.2, -0.15) is 0 Å². The maximum absolute atomic E-state index is 11.0. The highest BCUT2D eigenvalue weighted by Gasteiger charge is 2.13. The van der Waals surface area contributed by atoms with Crippen molar-refractivity contribution in [1.82, 2.24) is 5.32 Å². The second-order valence-corrected chi connectivity index (χ2v) is 7.85. The number of carbonyl (C=O) groups is 1. The first kappa shape index (κ1) is 21.2. The summed E-state index contributed by atoms with van der Waals surface area (Å²) in [4.78, 5) is 11.0. The molecule has 29 heavy (non-hydrogen) atoms. The summed E-state index contributed by atoms with van der Waals surface area (Å²) in [7, 11) is 0. The number of rotatable bonds is 9. The maximum Gasteiger partial charge on any atom is 0.303 e. The van der Waals surface area contributed by atoms with Crippen molar-refractivity contribution >= 4 is 11.7 Å². The number of carboxylic acids is 1. The lowest BCUT2D eigenvalue weighted by molar-refractivity contribution is -0.136. The highest BCUT2D eigenvalue weighted by molar-refractivity contribution is 5.97. The van der Waals surface area contributed by atoms with Gasteiger partial charge in [-0.1, -0.05) is 30.3 Å². The summed E-state index contributed by atoms with van der Waals surface area (Å²) in [6.45, 7) is 5.19. The van der Waals surface area contributed by atoms with E-state index < -0.39 is 5.97 Å². The molecule has 5 heteroatoms. The first-order valence-corrected chi connectivity index (χ1v) is 10.3. The Labute approximate surface area is 172 Å². The molecule has 1 aliphatic heterocycles. The molecular formula is C24H30N2O3. The number of carboxylic acid groups (broad SMARTS) is 1. The SMILES string of the molecule is CC(=N)c1cccc(-c2cc(CCC(=O)O)cc(COCC3CCNCC3)c2)c1. The van der Waals surface area contributed by atoms with Crippen molar-refractivity contribution < 1.29 is 14.6 Å². The molecule has 0 unspecified atom stereocenters. The molecule has 1 saturated heterocycles. The van der Waals surface area contributed by atoms with Gasteiger partial charge in [0.15, 0.2) is 0 Å². The molecule has 3 N–H and O–H groups in total. The van der Waals surface area contributed by atoms with Crippen LogP contribution in [0.15, 0.2) is 42.5 Å². The first-order chi connectivity index (χ1) is 14.0. The van der Waals surface area contributed by atoms with Crippen LogP contribution in [-0.2, 0) is 22.6 Å². The maximum atomic E-state index is 11.0. The van der Waals surface area contributed by atoms with Crippen molar-refractivity contribution in [2.24, 2.45) is 5.92 Å². The van der Waals surface area contributed by atoms with Crippen LogP contribution >= 0.6 is 0 Å². The second kappa shape index (κ2) is 10.3. The van der Waals surface area contributed by atoms with E-state index in [-0.39, 0.29) is 6.42 Å². The Morgan fingerprint density at radius 2 is 1.90 bits per heavy atom. The van der Waals surface area contributed by atoms with Gasteiger partial charge in [-0.3, -0.25) is 4.79 Å². The van der Waals surface area contributed by atoms with Gasteiger partial charge < -0.3 is 20.6 Å². The normalized spacial score (nSPS) is 14.7. The summed E-state index contributed by atoms with van der Waals surface area (Å²) in [5, 5.41) is 20.3. The predicted octanol–water partition coefficient (Wildman–Crippen LogP) is 4.27. The van der Waals surface area contributed by atoms with E-state index in [9.17, 15) is 4.79 Å². The number of piperidine rings is 1. The van der Waals surface area contributed by atoms with E-state index in [1.54, 1.807) is 6.92 Å². The highest BCUT2D eigenvalue weighted by atomic mass is 16.5. The average molecular weight is 395 g/mol. The van der Waals surface area contributed by atoms with Gasteiger partial charge in [0.25, 0.3) is 0 Å². The molecule has 0 aromatic heterocycles. The molecule has 5 nitrogen and oxygen atoms in total. The van der Waals surface area contributed by atoms with Crippen molar-refractivity contribution in [3.8, 4) is 11.1 Å². The van der Waals surface area contributed by atoms with Crippen LogP contribution in [0.1, 0.15) is 42.9 Å². The molecule has 1 fully saturated rings. The Morgan fingerprint density at radius 3 is 2.62 bits per heavy atom.